The van der Waals surface area contributed by atoms with Crippen LogP contribution in [0.3, 0.4) is 0 Å². The molecule has 0 fully saturated rings. The van der Waals surface area contributed by atoms with E-state index < -0.39 is 5.54 Å². The standard InChI is InChI=1S/C14H19N3O/c1-14(15,10-12-7-8-17(2)16-12)11-5-4-6-13(9-11)18-3/h4-9H,10,15H2,1-3H3. The van der Waals surface area contributed by atoms with Crippen molar-refractivity contribution in [3.05, 3.63) is 47.8 Å². The van der Waals surface area contributed by atoms with Gasteiger partial charge in [0.2, 0.25) is 0 Å². The lowest BCUT2D eigenvalue weighted by Crippen LogP contribution is -2.35. The minimum Gasteiger partial charge on any atom is -0.497 e. The van der Waals surface area contributed by atoms with Crippen LogP contribution in [0.4, 0.5) is 0 Å². The van der Waals surface area contributed by atoms with Crippen molar-refractivity contribution in [1.82, 2.24) is 9.78 Å². The number of ether oxygens (including phenoxy) is 1. The zero-order valence-electron chi connectivity index (χ0n) is 11.1. The summed E-state index contributed by atoms with van der Waals surface area (Å²) < 4.78 is 7.02. The van der Waals surface area contributed by atoms with Crippen LogP contribution < -0.4 is 10.5 Å². The fraction of sp³-hybridized carbons (Fsp3) is 0.357. The number of methoxy groups -OCH3 is 1. The first-order valence-corrected chi connectivity index (χ1v) is 5.93. The lowest BCUT2D eigenvalue weighted by molar-refractivity contribution is 0.410. The van der Waals surface area contributed by atoms with Crippen molar-refractivity contribution in [2.75, 3.05) is 7.11 Å². The second kappa shape index (κ2) is 4.82. The molecule has 2 rings (SSSR count). The summed E-state index contributed by atoms with van der Waals surface area (Å²) in [5, 5.41) is 4.37. The fourth-order valence-electron chi connectivity index (χ4n) is 2.01. The van der Waals surface area contributed by atoms with Crippen molar-refractivity contribution in [3.63, 3.8) is 0 Å². The Morgan fingerprint density at radius 2 is 2.17 bits per heavy atom. The first-order chi connectivity index (χ1) is 8.51. The van der Waals surface area contributed by atoms with Crippen LogP contribution in [0.15, 0.2) is 36.5 Å². The number of rotatable bonds is 4. The maximum atomic E-state index is 6.40. The quantitative estimate of drug-likeness (QED) is 0.894. The Hall–Kier alpha value is -1.81. The van der Waals surface area contributed by atoms with E-state index in [2.05, 4.69) is 5.10 Å². The number of aryl methyl sites for hydroxylation is 1. The third-order valence-corrected chi connectivity index (χ3v) is 3.05. The van der Waals surface area contributed by atoms with Gasteiger partial charge in [-0.1, -0.05) is 12.1 Å². The average molecular weight is 245 g/mol. The predicted molar refractivity (Wildman–Crippen MR) is 71.4 cm³/mol. The zero-order valence-corrected chi connectivity index (χ0v) is 11.1. The molecule has 0 aliphatic rings. The first kappa shape index (κ1) is 12.6. The molecular weight excluding hydrogens is 226 g/mol. The van der Waals surface area contributed by atoms with E-state index >= 15 is 0 Å². The van der Waals surface area contributed by atoms with Crippen LogP contribution in [0, 0.1) is 0 Å². The Labute approximate surface area is 107 Å². The Morgan fingerprint density at radius 1 is 1.39 bits per heavy atom. The van der Waals surface area contributed by atoms with Gasteiger partial charge in [-0.05, 0) is 30.7 Å². The molecule has 0 saturated heterocycles. The average Bonchev–Trinajstić information content (AvgIpc) is 2.74. The second-order valence-corrected chi connectivity index (χ2v) is 4.81. The lowest BCUT2D eigenvalue weighted by atomic mass is 9.88. The molecule has 4 heteroatoms. The van der Waals surface area contributed by atoms with Gasteiger partial charge >= 0.3 is 0 Å². The topological polar surface area (TPSA) is 53.1 Å². The van der Waals surface area contributed by atoms with Crippen molar-refractivity contribution in [2.45, 2.75) is 18.9 Å². The minimum absolute atomic E-state index is 0.455. The highest BCUT2D eigenvalue weighted by Crippen LogP contribution is 2.25. The fourth-order valence-corrected chi connectivity index (χ4v) is 2.01. The molecule has 0 amide bonds. The van der Waals surface area contributed by atoms with Crippen LogP contribution in [0.1, 0.15) is 18.2 Å². The molecule has 1 unspecified atom stereocenters. The van der Waals surface area contributed by atoms with E-state index in [1.165, 1.54) is 0 Å². The first-order valence-electron chi connectivity index (χ1n) is 5.93. The molecule has 18 heavy (non-hydrogen) atoms. The molecule has 0 saturated carbocycles. The van der Waals surface area contributed by atoms with E-state index in [1.54, 1.807) is 11.8 Å². The van der Waals surface area contributed by atoms with Gasteiger partial charge in [0.05, 0.1) is 12.8 Å². The molecule has 0 radical (unpaired) electrons. The highest BCUT2D eigenvalue weighted by Gasteiger charge is 2.23. The Morgan fingerprint density at radius 3 is 2.78 bits per heavy atom. The van der Waals surface area contributed by atoms with Gasteiger partial charge in [-0.2, -0.15) is 5.10 Å². The molecule has 2 N–H and O–H groups in total. The van der Waals surface area contributed by atoms with E-state index in [0.717, 1.165) is 17.0 Å². The van der Waals surface area contributed by atoms with Crippen LogP contribution in [-0.2, 0) is 19.0 Å². The van der Waals surface area contributed by atoms with E-state index in [9.17, 15) is 0 Å². The molecule has 1 aromatic heterocycles. The second-order valence-electron chi connectivity index (χ2n) is 4.81. The van der Waals surface area contributed by atoms with Crippen LogP contribution in [0.5, 0.6) is 5.75 Å². The van der Waals surface area contributed by atoms with Crippen LogP contribution in [-0.4, -0.2) is 16.9 Å². The zero-order chi connectivity index (χ0) is 13.2. The maximum Gasteiger partial charge on any atom is 0.119 e. The third-order valence-electron chi connectivity index (χ3n) is 3.05. The number of aromatic nitrogens is 2. The summed E-state index contributed by atoms with van der Waals surface area (Å²) >= 11 is 0. The summed E-state index contributed by atoms with van der Waals surface area (Å²) in [7, 11) is 3.56. The summed E-state index contributed by atoms with van der Waals surface area (Å²) in [5.41, 5.74) is 7.98. The van der Waals surface area contributed by atoms with Gasteiger partial charge in [-0.15, -0.1) is 0 Å². The molecule has 2 aromatic rings. The smallest absolute Gasteiger partial charge is 0.119 e. The van der Waals surface area contributed by atoms with E-state index in [4.69, 9.17) is 10.5 Å². The van der Waals surface area contributed by atoms with Crippen molar-refractivity contribution in [2.24, 2.45) is 12.8 Å². The summed E-state index contributed by atoms with van der Waals surface area (Å²) in [6.07, 6.45) is 2.62. The number of benzene rings is 1. The maximum absolute atomic E-state index is 6.40. The van der Waals surface area contributed by atoms with Gasteiger partial charge in [0, 0.05) is 25.2 Å². The van der Waals surface area contributed by atoms with Crippen LogP contribution in [0.2, 0.25) is 0 Å². The molecule has 1 atom stereocenters. The van der Waals surface area contributed by atoms with Crippen molar-refractivity contribution >= 4 is 0 Å². The Balaban J connectivity index is 2.23. The van der Waals surface area contributed by atoms with Crippen molar-refractivity contribution < 1.29 is 4.74 Å². The largest absolute Gasteiger partial charge is 0.497 e. The highest BCUT2D eigenvalue weighted by atomic mass is 16.5. The number of nitrogens with zero attached hydrogens (tertiary/aromatic N) is 2. The normalized spacial score (nSPS) is 14.2. The Bertz CT molecular complexity index is 531. The SMILES string of the molecule is COc1cccc(C(C)(N)Cc2ccn(C)n2)c1. The predicted octanol–water partition coefficient (Wildman–Crippen LogP) is 1.85. The molecule has 0 bridgehead atoms. The lowest BCUT2D eigenvalue weighted by Gasteiger charge is -2.24. The summed E-state index contributed by atoms with van der Waals surface area (Å²) in [6.45, 7) is 2.01. The van der Waals surface area contributed by atoms with Crippen molar-refractivity contribution in [1.29, 1.82) is 0 Å². The van der Waals surface area contributed by atoms with Gasteiger partial charge in [-0.25, -0.2) is 0 Å². The molecule has 1 heterocycles. The van der Waals surface area contributed by atoms with Gasteiger partial charge in [0.15, 0.2) is 0 Å². The summed E-state index contributed by atoms with van der Waals surface area (Å²) in [6, 6.07) is 9.86. The molecule has 4 nitrogen and oxygen atoms in total. The molecule has 0 aliphatic carbocycles. The van der Waals surface area contributed by atoms with Crippen LogP contribution >= 0.6 is 0 Å². The molecular formula is C14H19N3O. The summed E-state index contributed by atoms with van der Waals surface area (Å²) in [4.78, 5) is 0. The van der Waals surface area contributed by atoms with Gasteiger partial charge in [-0.3, -0.25) is 4.68 Å². The van der Waals surface area contributed by atoms with Gasteiger partial charge in [0.25, 0.3) is 0 Å². The number of nitrogens with two attached hydrogens (primary N) is 1. The van der Waals surface area contributed by atoms with E-state index in [0.29, 0.717) is 6.42 Å². The monoisotopic (exact) mass is 245 g/mol. The Kier molecular flexibility index (Phi) is 3.39. The van der Waals surface area contributed by atoms with E-state index in [1.807, 2.05) is 50.5 Å². The molecule has 96 valence electrons. The molecule has 0 aliphatic heterocycles. The number of hydrogen-bond acceptors (Lipinski definition) is 3. The van der Waals surface area contributed by atoms with E-state index in [-0.39, 0.29) is 0 Å². The third kappa shape index (κ3) is 2.71. The summed E-state index contributed by atoms with van der Waals surface area (Å²) in [5.74, 6) is 0.824. The van der Waals surface area contributed by atoms with Crippen molar-refractivity contribution in [3.8, 4) is 5.75 Å². The molecule has 0 spiro atoms. The van der Waals surface area contributed by atoms with Gasteiger partial charge in [0.1, 0.15) is 5.75 Å². The highest BCUT2D eigenvalue weighted by molar-refractivity contribution is 5.33. The van der Waals surface area contributed by atoms with Gasteiger partial charge < -0.3 is 10.5 Å². The minimum atomic E-state index is -0.455. The van der Waals surface area contributed by atoms with Crippen LogP contribution in [0.25, 0.3) is 0 Å². The molecule has 1 aromatic carbocycles. The number of hydrogen-bond donors (Lipinski definition) is 1.